The normalized spacial score (nSPS) is 13.7. The molecule has 1 N–H and O–H groups in total. The molecule has 0 fully saturated rings. The van der Waals surface area contributed by atoms with Gasteiger partial charge in [-0.05, 0) is 35.0 Å². The third kappa shape index (κ3) is 3.52. The summed E-state index contributed by atoms with van der Waals surface area (Å²) in [6.45, 7) is 0. The van der Waals surface area contributed by atoms with Crippen molar-refractivity contribution in [3.63, 3.8) is 0 Å². The number of fused-ring (bicyclic) bond motifs is 1. The second-order valence-electron chi connectivity index (χ2n) is 7.36. The first-order valence-electron chi connectivity index (χ1n) is 10.3. The smallest absolute Gasteiger partial charge is 0.282 e. The van der Waals surface area contributed by atoms with Crippen molar-refractivity contribution < 1.29 is 19.1 Å². The molecule has 2 amide bonds. The number of hydrogen-bond acceptors (Lipinski definition) is 6. The maximum Gasteiger partial charge on any atom is 0.282 e. The number of carbonyl (C=O) groups excluding carboxylic acids is 2. The van der Waals surface area contributed by atoms with E-state index in [-0.39, 0.29) is 11.6 Å². The summed E-state index contributed by atoms with van der Waals surface area (Å²) in [5.74, 6) is 0.332. The Labute approximate surface area is 194 Å². The minimum atomic E-state index is -0.419. The van der Waals surface area contributed by atoms with Crippen LogP contribution in [0.4, 0.5) is 11.4 Å². The molecule has 0 saturated heterocycles. The molecule has 6 nitrogen and oxygen atoms in total. The summed E-state index contributed by atoms with van der Waals surface area (Å²) < 4.78 is 10.8. The molecular weight excluding hydrogens is 436 g/mol. The molecule has 5 rings (SSSR count). The third-order valence-electron chi connectivity index (χ3n) is 5.53. The number of anilines is 2. The van der Waals surface area contributed by atoms with Crippen LogP contribution in [0.5, 0.6) is 11.5 Å². The summed E-state index contributed by atoms with van der Waals surface area (Å²) in [5, 5.41) is 6.83. The van der Waals surface area contributed by atoms with Crippen molar-refractivity contribution in [2.24, 2.45) is 0 Å². The van der Waals surface area contributed by atoms with Gasteiger partial charge in [0.1, 0.15) is 17.2 Å². The van der Waals surface area contributed by atoms with Gasteiger partial charge in [-0.25, -0.2) is 4.90 Å². The molecule has 33 heavy (non-hydrogen) atoms. The van der Waals surface area contributed by atoms with Crippen molar-refractivity contribution in [2.75, 3.05) is 24.4 Å². The minimum Gasteiger partial charge on any atom is -0.497 e. The Balaban J connectivity index is 1.64. The molecule has 4 aromatic rings. The number of nitrogens with one attached hydrogen (secondary N) is 1. The lowest BCUT2D eigenvalue weighted by Gasteiger charge is -2.18. The van der Waals surface area contributed by atoms with Crippen LogP contribution in [0, 0.1) is 0 Å². The number of nitrogens with zero attached hydrogens (tertiary/aromatic N) is 1. The number of carbonyl (C=O) groups is 2. The molecular formula is C26H20N2O4S. The lowest BCUT2D eigenvalue weighted by molar-refractivity contribution is -0.120. The van der Waals surface area contributed by atoms with Gasteiger partial charge in [0.2, 0.25) is 0 Å². The van der Waals surface area contributed by atoms with Crippen molar-refractivity contribution in [1.82, 2.24) is 0 Å². The zero-order valence-corrected chi connectivity index (χ0v) is 18.8. The molecule has 2 heterocycles. The zero-order valence-electron chi connectivity index (χ0n) is 18.0. The van der Waals surface area contributed by atoms with Gasteiger partial charge < -0.3 is 14.8 Å². The van der Waals surface area contributed by atoms with Crippen LogP contribution in [0.15, 0.2) is 83.9 Å². The van der Waals surface area contributed by atoms with Gasteiger partial charge in [0, 0.05) is 16.3 Å². The maximum absolute atomic E-state index is 13.7. The fourth-order valence-electron chi connectivity index (χ4n) is 3.95. The topological polar surface area (TPSA) is 67.9 Å². The second-order valence-corrected chi connectivity index (χ2v) is 8.31. The third-order valence-corrected chi connectivity index (χ3v) is 6.41. The van der Waals surface area contributed by atoms with Gasteiger partial charge in [-0.15, -0.1) is 11.3 Å². The van der Waals surface area contributed by atoms with Gasteiger partial charge >= 0.3 is 0 Å². The summed E-state index contributed by atoms with van der Waals surface area (Å²) in [6, 6.07) is 22.2. The number of rotatable bonds is 6. The maximum atomic E-state index is 13.7. The van der Waals surface area contributed by atoms with Crippen LogP contribution in [-0.2, 0) is 9.59 Å². The molecule has 0 radical (unpaired) electrons. The summed E-state index contributed by atoms with van der Waals surface area (Å²) in [5.41, 5.74) is 1.65. The predicted octanol–water partition coefficient (Wildman–Crippen LogP) is 5.32. The summed E-state index contributed by atoms with van der Waals surface area (Å²) in [7, 11) is 3.11. The van der Waals surface area contributed by atoms with E-state index in [4.69, 9.17) is 9.47 Å². The van der Waals surface area contributed by atoms with Crippen LogP contribution in [0.1, 0.15) is 4.88 Å². The van der Waals surface area contributed by atoms with Crippen molar-refractivity contribution in [3.05, 3.63) is 88.8 Å². The highest BCUT2D eigenvalue weighted by Crippen LogP contribution is 2.39. The van der Waals surface area contributed by atoms with E-state index in [1.54, 1.807) is 38.5 Å². The van der Waals surface area contributed by atoms with Crippen LogP contribution >= 0.6 is 11.3 Å². The Hall–Kier alpha value is -4.10. The first-order chi connectivity index (χ1) is 16.1. The first kappa shape index (κ1) is 20.8. The molecule has 164 valence electrons. The molecule has 1 aliphatic rings. The molecule has 0 spiro atoms. The molecule has 1 aromatic heterocycles. The van der Waals surface area contributed by atoms with Crippen LogP contribution in [0.25, 0.3) is 16.3 Å². The number of thiophene rings is 1. The molecule has 0 aliphatic carbocycles. The highest BCUT2D eigenvalue weighted by atomic mass is 32.1. The Morgan fingerprint density at radius 2 is 1.67 bits per heavy atom. The van der Waals surface area contributed by atoms with Gasteiger partial charge in [0.25, 0.3) is 11.8 Å². The van der Waals surface area contributed by atoms with Crippen LogP contribution in [0.2, 0.25) is 0 Å². The number of benzene rings is 3. The fourth-order valence-corrected chi connectivity index (χ4v) is 4.72. The summed E-state index contributed by atoms with van der Waals surface area (Å²) >= 11 is 1.41. The lowest BCUT2D eigenvalue weighted by atomic mass is 10.1. The first-order valence-corrected chi connectivity index (χ1v) is 11.1. The van der Waals surface area contributed by atoms with E-state index in [2.05, 4.69) is 5.32 Å². The monoisotopic (exact) mass is 456 g/mol. The number of amides is 2. The molecule has 1 aliphatic heterocycles. The Morgan fingerprint density at radius 1 is 0.848 bits per heavy atom. The van der Waals surface area contributed by atoms with Crippen LogP contribution < -0.4 is 19.7 Å². The second kappa shape index (κ2) is 8.44. The van der Waals surface area contributed by atoms with E-state index < -0.39 is 5.91 Å². The largest absolute Gasteiger partial charge is 0.497 e. The van der Waals surface area contributed by atoms with Gasteiger partial charge in [0.15, 0.2) is 0 Å². The number of methoxy groups -OCH3 is 2. The van der Waals surface area contributed by atoms with Crippen molar-refractivity contribution in [3.8, 4) is 11.5 Å². The Kier molecular flexibility index (Phi) is 5.32. The van der Waals surface area contributed by atoms with Crippen molar-refractivity contribution in [1.29, 1.82) is 0 Å². The highest BCUT2D eigenvalue weighted by molar-refractivity contribution is 7.11. The number of imide groups is 1. The average Bonchev–Trinajstić information content (AvgIpc) is 3.45. The van der Waals surface area contributed by atoms with Gasteiger partial charge in [-0.1, -0.05) is 42.5 Å². The van der Waals surface area contributed by atoms with Gasteiger partial charge in [-0.2, -0.15) is 0 Å². The van der Waals surface area contributed by atoms with E-state index in [0.29, 0.717) is 33.3 Å². The Bertz CT molecular complexity index is 1400. The minimum absolute atomic E-state index is 0.207. The van der Waals surface area contributed by atoms with Crippen molar-refractivity contribution in [2.45, 2.75) is 0 Å². The average molecular weight is 457 g/mol. The molecule has 3 aromatic carbocycles. The molecule has 0 atom stereocenters. The van der Waals surface area contributed by atoms with E-state index >= 15 is 0 Å². The van der Waals surface area contributed by atoms with Gasteiger partial charge in [-0.3, -0.25) is 9.59 Å². The summed E-state index contributed by atoms with van der Waals surface area (Å²) in [6.07, 6.45) is 0. The molecule has 7 heteroatoms. The van der Waals surface area contributed by atoms with Gasteiger partial charge in [0.05, 0.1) is 31.2 Å². The molecule has 0 bridgehead atoms. The van der Waals surface area contributed by atoms with E-state index in [0.717, 1.165) is 10.8 Å². The lowest BCUT2D eigenvalue weighted by Crippen LogP contribution is -2.32. The summed E-state index contributed by atoms with van der Waals surface area (Å²) in [4.78, 5) is 29.4. The van der Waals surface area contributed by atoms with Crippen molar-refractivity contribution >= 4 is 50.9 Å². The van der Waals surface area contributed by atoms with E-state index in [1.165, 1.54) is 16.2 Å². The predicted molar refractivity (Wildman–Crippen MR) is 131 cm³/mol. The standard InChI is InChI=1S/C26H20N2O4S/c1-31-17-12-13-19(21(15-17)32-2)27-24-23(22-11-6-14-33-22)25(29)28(26(24)30)20-10-5-8-16-7-3-4-9-18(16)20/h3-15,27H,1-2H3. The Morgan fingerprint density at radius 3 is 2.42 bits per heavy atom. The van der Waals surface area contributed by atoms with Crippen LogP contribution in [-0.4, -0.2) is 26.0 Å². The quantitative estimate of drug-likeness (QED) is 0.398. The van der Waals surface area contributed by atoms with E-state index in [9.17, 15) is 9.59 Å². The number of ether oxygens (including phenoxy) is 2. The molecule has 0 unspecified atom stereocenters. The SMILES string of the molecule is COc1ccc(NC2=C(c3cccs3)C(=O)N(c3cccc4ccccc34)C2=O)c(OC)c1. The highest BCUT2D eigenvalue weighted by Gasteiger charge is 2.41. The van der Waals surface area contributed by atoms with Crippen LogP contribution in [0.3, 0.4) is 0 Å². The zero-order chi connectivity index (χ0) is 22.9. The fraction of sp³-hybridized carbons (Fsp3) is 0.0769. The van der Waals surface area contributed by atoms with E-state index in [1.807, 2.05) is 53.9 Å². The molecule has 0 saturated carbocycles. The number of hydrogen-bond donors (Lipinski definition) is 1.